The Morgan fingerprint density at radius 3 is 2.53 bits per heavy atom. The molecule has 2 saturated heterocycles. The predicted molar refractivity (Wildman–Crippen MR) is 143 cm³/mol. The molecule has 4 rings (SSSR count). The van der Waals surface area contributed by atoms with Crippen molar-refractivity contribution < 1.29 is 14.3 Å². The van der Waals surface area contributed by atoms with Gasteiger partial charge in [-0.1, -0.05) is 25.2 Å². The number of carbonyl (C=O) groups excluding carboxylic acids is 1. The molecule has 2 N–H and O–H groups in total. The first-order chi connectivity index (χ1) is 17.1. The highest BCUT2D eigenvalue weighted by atomic mass is 16.5. The Balaban J connectivity index is 1.66. The van der Waals surface area contributed by atoms with E-state index in [4.69, 9.17) is 15.3 Å². The van der Waals surface area contributed by atoms with Gasteiger partial charge in [0.15, 0.2) is 0 Å². The zero-order valence-corrected chi connectivity index (χ0v) is 22.6. The molecule has 36 heavy (non-hydrogen) atoms. The summed E-state index contributed by atoms with van der Waals surface area (Å²) in [7, 11) is 5.18. The average Bonchev–Trinajstić information content (AvgIpc) is 2.95. The van der Waals surface area contributed by atoms with Crippen LogP contribution in [0.25, 0.3) is 0 Å². The van der Waals surface area contributed by atoms with E-state index < -0.39 is 0 Å². The summed E-state index contributed by atoms with van der Waals surface area (Å²) in [5.41, 5.74) is 5.19. The number of ether oxygens (including phenoxy) is 2. The van der Waals surface area contributed by atoms with Crippen molar-refractivity contribution in [1.82, 2.24) is 19.7 Å². The number of hydrogen-bond acceptors (Lipinski definition) is 6. The fourth-order valence-electron chi connectivity index (χ4n) is 6.12. The number of nitrogens with two attached hydrogens (primary N) is 1. The fourth-order valence-corrected chi connectivity index (χ4v) is 6.12. The molecule has 0 saturated carbocycles. The third-order valence-electron chi connectivity index (χ3n) is 7.90. The Morgan fingerprint density at radius 2 is 1.97 bits per heavy atom. The zero-order valence-electron chi connectivity index (χ0n) is 22.6. The van der Waals surface area contributed by atoms with Gasteiger partial charge in [0.1, 0.15) is 11.5 Å². The number of hydrazine groups is 1. The highest BCUT2D eigenvalue weighted by Gasteiger charge is 2.54. The van der Waals surface area contributed by atoms with Gasteiger partial charge in [-0.25, -0.2) is 10.6 Å². The zero-order chi connectivity index (χ0) is 26.2. The van der Waals surface area contributed by atoms with Gasteiger partial charge in [0, 0.05) is 62.7 Å². The maximum Gasteiger partial charge on any atom is 0.325 e. The smallest absolute Gasteiger partial charge is 0.325 e. The molecule has 0 bridgehead atoms. The Kier molecular flexibility index (Phi) is 7.38. The standard InChI is InChI=1S/C28H41N5O3/c1-8-33-27(34)32-18-21-14-23(35-6)15-24(36-7)26(21)20(4)13-25(32)28(33)9-11-31(12-10-28)17-22(19(2)3)16-30(5)29/h13-16,20H,2,8-12,17-18,29H2,1,3-7H3/b22-16-/t20-/m0/s1. The van der Waals surface area contributed by atoms with Gasteiger partial charge in [-0.2, -0.15) is 0 Å². The quantitative estimate of drug-likeness (QED) is 0.349. The van der Waals surface area contributed by atoms with Crippen LogP contribution in [0.3, 0.4) is 0 Å². The van der Waals surface area contributed by atoms with Gasteiger partial charge in [0.25, 0.3) is 0 Å². The topological polar surface area (TPSA) is 74.5 Å². The largest absolute Gasteiger partial charge is 0.497 e. The van der Waals surface area contributed by atoms with E-state index in [9.17, 15) is 4.79 Å². The van der Waals surface area contributed by atoms with E-state index in [-0.39, 0.29) is 17.5 Å². The lowest BCUT2D eigenvalue weighted by molar-refractivity contribution is 0.0968. The monoisotopic (exact) mass is 495 g/mol. The maximum atomic E-state index is 13.8. The molecule has 1 aromatic carbocycles. The van der Waals surface area contributed by atoms with Crippen LogP contribution in [0.2, 0.25) is 0 Å². The molecule has 3 aliphatic heterocycles. The van der Waals surface area contributed by atoms with Crippen molar-refractivity contribution in [3.05, 3.63) is 59.0 Å². The number of piperidine rings is 1. The summed E-state index contributed by atoms with van der Waals surface area (Å²) < 4.78 is 11.3. The fraction of sp³-hybridized carbons (Fsp3) is 0.536. The Hall–Kier alpha value is -2.97. The van der Waals surface area contributed by atoms with Gasteiger partial charge in [-0.05, 0) is 43.9 Å². The highest BCUT2D eigenvalue weighted by Crippen LogP contribution is 2.49. The molecule has 2 fully saturated rings. The summed E-state index contributed by atoms with van der Waals surface area (Å²) in [6, 6.07) is 4.07. The number of likely N-dealkylation sites (tertiary alicyclic amines) is 1. The van der Waals surface area contributed by atoms with E-state index in [1.165, 1.54) is 0 Å². The number of urea groups is 1. The summed E-state index contributed by atoms with van der Waals surface area (Å²) in [5, 5.41) is 1.58. The molecular weight excluding hydrogens is 454 g/mol. The lowest BCUT2D eigenvalue weighted by Crippen LogP contribution is -2.54. The Labute approximate surface area is 215 Å². The van der Waals surface area contributed by atoms with E-state index in [1.807, 2.05) is 37.2 Å². The van der Waals surface area contributed by atoms with Crippen LogP contribution >= 0.6 is 0 Å². The third-order valence-corrected chi connectivity index (χ3v) is 7.90. The van der Waals surface area contributed by atoms with Crippen molar-refractivity contribution in [3.8, 4) is 11.5 Å². The van der Waals surface area contributed by atoms with Crippen LogP contribution in [-0.4, -0.2) is 78.7 Å². The van der Waals surface area contributed by atoms with Crippen LogP contribution in [0.1, 0.15) is 50.7 Å². The molecule has 3 aliphatic rings. The highest BCUT2D eigenvalue weighted by molar-refractivity contribution is 5.83. The second-order valence-electron chi connectivity index (χ2n) is 10.3. The van der Waals surface area contributed by atoms with Crippen molar-refractivity contribution in [2.24, 2.45) is 5.84 Å². The van der Waals surface area contributed by atoms with Gasteiger partial charge >= 0.3 is 6.03 Å². The molecule has 0 unspecified atom stereocenters. The third kappa shape index (κ3) is 4.48. The molecule has 0 aliphatic carbocycles. The Morgan fingerprint density at radius 1 is 1.28 bits per heavy atom. The first kappa shape index (κ1) is 26.1. The second-order valence-corrected chi connectivity index (χ2v) is 10.3. The molecule has 0 radical (unpaired) electrons. The van der Waals surface area contributed by atoms with Gasteiger partial charge in [0.05, 0.1) is 26.3 Å². The first-order valence-corrected chi connectivity index (χ1v) is 12.8. The molecule has 8 heteroatoms. The van der Waals surface area contributed by atoms with Crippen LogP contribution in [0.15, 0.2) is 47.8 Å². The number of carbonyl (C=O) groups is 1. The lowest BCUT2D eigenvalue weighted by atomic mass is 9.82. The van der Waals surface area contributed by atoms with E-state index in [1.54, 1.807) is 19.2 Å². The number of hydrogen-bond donors (Lipinski definition) is 1. The molecule has 1 atom stereocenters. The normalized spacial score (nSPS) is 21.6. The molecular formula is C28H41N5O3. The SMILES string of the molecule is C=C(C)/C(=C\N(C)N)CN1CCC2(CC1)C1=C[C@H](C)c3c(cc(OC)cc3OC)CN1C(=O)N2CC. The van der Waals surface area contributed by atoms with E-state index >= 15 is 0 Å². The summed E-state index contributed by atoms with van der Waals surface area (Å²) in [4.78, 5) is 20.3. The summed E-state index contributed by atoms with van der Waals surface area (Å²) in [6.45, 7) is 14.2. The minimum atomic E-state index is -0.298. The number of nitrogens with zero attached hydrogens (tertiary/aromatic N) is 4. The van der Waals surface area contributed by atoms with Crippen LogP contribution in [0.4, 0.5) is 4.79 Å². The van der Waals surface area contributed by atoms with E-state index in [2.05, 4.69) is 36.3 Å². The second kappa shape index (κ2) is 10.2. The van der Waals surface area contributed by atoms with Crippen LogP contribution in [0, 0.1) is 0 Å². The van der Waals surface area contributed by atoms with Gasteiger partial charge in [0.2, 0.25) is 0 Å². The van der Waals surface area contributed by atoms with E-state index in [0.717, 1.165) is 71.9 Å². The van der Waals surface area contributed by atoms with Crippen LogP contribution in [-0.2, 0) is 6.54 Å². The number of amides is 2. The van der Waals surface area contributed by atoms with Crippen LogP contribution in [0.5, 0.6) is 11.5 Å². The van der Waals surface area contributed by atoms with Crippen molar-refractivity contribution in [1.29, 1.82) is 0 Å². The number of benzene rings is 1. The van der Waals surface area contributed by atoms with E-state index in [0.29, 0.717) is 13.1 Å². The molecule has 3 heterocycles. The average molecular weight is 496 g/mol. The van der Waals surface area contributed by atoms with Crippen molar-refractivity contribution >= 4 is 6.03 Å². The first-order valence-electron chi connectivity index (χ1n) is 12.8. The minimum Gasteiger partial charge on any atom is -0.497 e. The lowest BCUT2D eigenvalue weighted by Gasteiger charge is -2.44. The minimum absolute atomic E-state index is 0.0892. The van der Waals surface area contributed by atoms with Crippen LogP contribution < -0.4 is 15.3 Å². The van der Waals surface area contributed by atoms with Crippen molar-refractivity contribution in [2.45, 2.75) is 51.6 Å². The Bertz CT molecular complexity index is 1080. The van der Waals surface area contributed by atoms with Gasteiger partial charge < -0.3 is 19.4 Å². The summed E-state index contributed by atoms with van der Waals surface area (Å²) in [6.07, 6.45) is 6.02. The molecule has 2 amide bonds. The van der Waals surface area contributed by atoms with Crippen molar-refractivity contribution in [3.63, 3.8) is 0 Å². The number of likely N-dealkylation sites (N-methyl/N-ethyl adjacent to an activating group) is 1. The predicted octanol–water partition coefficient (Wildman–Crippen LogP) is 4.06. The molecule has 0 aromatic heterocycles. The summed E-state index contributed by atoms with van der Waals surface area (Å²) >= 11 is 0. The number of allylic oxidation sites excluding steroid dienone is 1. The number of methoxy groups -OCH3 is 2. The number of rotatable bonds is 7. The van der Waals surface area contributed by atoms with Crippen molar-refractivity contribution in [2.75, 3.05) is 47.4 Å². The van der Waals surface area contributed by atoms with Gasteiger partial charge in [-0.15, -0.1) is 0 Å². The maximum absolute atomic E-state index is 13.8. The molecule has 196 valence electrons. The molecule has 1 aromatic rings. The number of fused-ring (bicyclic) bond motifs is 3. The molecule has 1 spiro atoms. The van der Waals surface area contributed by atoms with Gasteiger partial charge in [-0.3, -0.25) is 9.80 Å². The summed E-state index contributed by atoms with van der Waals surface area (Å²) in [5.74, 6) is 7.54. The molecule has 8 nitrogen and oxygen atoms in total.